The molecule has 102 valence electrons. The smallest absolute Gasteiger partial charge is 0.119 e. The normalized spacial score (nSPS) is 11.1. The Morgan fingerprint density at radius 1 is 0.952 bits per heavy atom. The van der Waals surface area contributed by atoms with E-state index in [-0.39, 0.29) is 0 Å². The van der Waals surface area contributed by atoms with Crippen molar-refractivity contribution in [1.29, 1.82) is 0 Å². The quantitative estimate of drug-likeness (QED) is 0.561. The first-order chi connectivity index (χ1) is 10.4. The molecule has 0 spiro atoms. The highest BCUT2D eigenvalue weighted by molar-refractivity contribution is 6.03. The number of hydrogen-bond acceptors (Lipinski definition) is 3. The number of aromatic nitrogens is 3. The second kappa shape index (κ2) is 4.59. The Labute approximate surface area is 121 Å². The first-order valence-corrected chi connectivity index (χ1v) is 6.73. The van der Waals surface area contributed by atoms with E-state index in [1.807, 2.05) is 59.5 Å². The third-order valence-corrected chi connectivity index (χ3v) is 3.62. The van der Waals surface area contributed by atoms with E-state index in [0.29, 0.717) is 0 Å². The Kier molecular flexibility index (Phi) is 2.60. The van der Waals surface area contributed by atoms with Crippen molar-refractivity contribution in [3.05, 3.63) is 60.9 Å². The third kappa shape index (κ3) is 1.84. The van der Waals surface area contributed by atoms with E-state index in [1.54, 1.807) is 7.11 Å². The maximum Gasteiger partial charge on any atom is 0.119 e. The van der Waals surface area contributed by atoms with E-state index in [9.17, 15) is 0 Å². The average Bonchev–Trinajstić information content (AvgIpc) is 2.99. The van der Waals surface area contributed by atoms with Gasteiger partial charge >= 0.3 is 0 Å². The summed E-state index contributed by atoms with van der Waals surface area (Å²) in [7, 11) is 1.66. The number of nitrogens with zero attached hydrogens (tertiary/aromatic N) is 3. The van der Waals surface area contributed by atoms with Crippen molar-refractivity contribution in [1.82, 2.24) is 14.8 Å². The molecule has 0 unspecified atom stereocenters. The zero-order valence-corrected chi connectivity index (χ0v) is 11.5. The summed E-state index contributed by atoms with van der Waals surface area (Å²) in [6.45, 7) is 0. The lowest BCUT2D eigenvalue weighted by Gasteiger charge is -2.07. The predicted octanol–water partition coefficient (Wildman–Crippen LogP) is 3.58. The molecule has 4 nitrogen and oxygen atoms in total. The van der Waals surface area contributed by atoms with Gasteiger partial charge < -0.3 is 4.74 Å². The SMILES string of the molecule is COc1ccc(-n2ncc3cnc4ccccc4c32)cc1. The molecule has 0 aliphatic heterocycles. The highest BCUT2D eigenvalue weighted by Gasteiger charge is 2.09. The highest BCUT2D eigenvalue weighted by atomic mass is 16.5. The summed E-state index contributed by atoms with van der Waals surface area (Å²) in [5, 5.41) is 6.64. The van der Waals surface area contributed by atoms with E-state index in [1.165, 1.54) is 0 Å². The standard InChI is InChI=1S/C17H13N3O/c1-21-14-8-6-13(7-9-14)20-17-12(11-19-20)10-18-16-5-3-2-4-15(16)17/h2-11H,1H3. The van der Waals surface area contributed by atoms with E-state index in [0.717, 1.165) is 33.2 Å². The molecule has 0 amide bonds. The first-order valence-electron chi connectivity index (χ1n) is 6.73. The minimum atomic E-state index is 0.835. The Balaban J connectivity index is 2.01. The molecular formula is C17H13N3O. The summed E-state index contributed by atoms with van der Waals surface area (Å²) in [5.41, 5.74) is 3.05. The molecule has 0 aliphatic rings. The van der Waals surface area contributed by atoms with Gasteiger partial charge in [-0.1, -0.05) is 18.2 Å². The van der Waals surface area contributed by atoms with Crippen LogP contribution in [0.4, 0.5) is 0 Å². The van der Waals surface area contributed by atoms with Gasteiger partial charge in [-0.3, -0.25) is 4.98 Å². The number of benzene rings is 2. The predicted molar refractivity (Wildman–Crippen MR) is 82.9 cm³/mol. The maximum atomic E-state index is 5.20. The molecule has 4 heteroatoms. The van der Waals surface area contributed by atoms with Gasteiger partial charge in [0.25, 0.3) is 0 Å². The number of para-hydroxylation sites is 1. The van der Waals surface area contributed by atoms with Gasteiger partial charge in [0.15, 0.2) is 0 Å². The van der Waals surface area contributed by atoms with Gasteiger partial charge in [0.2, 0.25) is 0 Å². The van der Waals surface area contributed by atoms with Gasteiger partial charge in [-0.05, 0) is 30.3 Å². The van der Waals surface area contributed by atoms with Crippen LogP contribution in [0.3, 0.4) is 0 Å². The largest absolute Gasteiger partial charge is 0.497 e. The molecule has 0 atom stereocenters. The van der Waals surface area contributed by atoms with E-state index >= 15 is 0 Å². The minimum absolute atomic E-state index is 0.835. The van der Waals surface area contributed by atoms with E-state index < -0.39 is 0 Å². The average molecular weight is 275 g/mol. The molecule has 0 radical (unpaired) electrons. The molecule has 2 aromatic heterocycles. The van der Waals surface area contributed by atoms with Crippen LogP contribution in [0, 0.1) is 0 Å². The van der Waals surface area contributed by atoms with Gasteiger partial charge in [-0.2, -0.15) is 5.10 Å². The number of methoxy groups -OCH3 is 1. The fraction of sp³-hybridized carbons (Fsp3) is 0.0588. The Morgan fingerprint density at radius 2 is 1.76 bits per heavy atom. The molecule has 0 fully saturated rings. The van der Waals surface area contributed by atoms with Crippen molar-refractivity contribution in [3.8, 4) is 11.4 Å². The summed E-state index contributed by atoms with van der Waals surface area (Å²) in [6.07, 6.45) is 3.71. The van der Waals surface area contributed by atoms with Crippen LogP contribution in [0.15, 0.2) is 60.9 Å². The van der Waals surface area contributed by atoms with Crippen LogP contribution in [0.25, 0.3) is 27.5 Å². The molecule has 0 saturated carbocycles. The van der Waals surface area contributed by atoms with E-state index in [2.05, 4.69) is 16.1 Å². The van der Waals surface area contributed by atoms with Crippen LogP contribution in [0.5, 0.6) is 5.75 Å². The summed E-state index contributed by atoms with van der Waals surface area (Å²) in [5.74, 6) is 0.835. The number of pyridine rings is 1. The number of rotatable bonds is 2. The lowest BCUT2D eigenvalue weighted by Crippen LogP contribution is -1.96. The fourth-order valence-electron chi connectivity index (χ4n) is 2.57. The zero-order valence-electron chi connectivity index (χ0n) is 11.5. The number of fused-ring (bicyclic) bond motifs is 3. The Morgan fingerprint density at radius 3 is 2.57 bits per heavy atom. The van der Waals surface area contributed by atoms with Crippen molar-refractivity contribution in [2.75, 3.05) is 7.11 Å². The summed E-state index contributed by atoms with van der Waals surface area (Å²) < 4.78 is 7.15. The highest BCUT2D eigenvalue weighted by Crippen LogP contribution is 2.26. The van der Waals surface area contributed by atoms with Crippen molar-refractivity contribution in [2.24, 2.45) is 0 Å². The van der Waals surface area contributed by atoms with Gasteiger partial charge in [0.1, 0.15) is 5.75 Å². The number of ether oxygens (including phenoxy) is 1. The molecule has 21 heavy (non-hydrogen) atoms. The van der Waals surface area contributed by atoms with Crippen molar-refractivity contribution >= 4 is 21.8 Å². The molecule has 4 rings (SSSR count). The van der Waals surface area contributed by atoms with Crippen LogP contribution in [-0.2, 0) is 0 Å². The van der Waals surface area contributed by atoms with Crippen molar-refractivity contribution in [2.45, 2.75) is 0 Å². The monoisotopic (exact) mass is 275 g/mol. The molecule has 2 heterocycles. The topological polar surface area (TPSA) is 39.9 Å². The van der Waals surface area contributed by atoms with Crippen LogP contribution in [-0.4, -0.2) is 21.9 Å². The van der Waals surface area contributed by atoms with Crippen LogP contribution in [0.2, 0.25) is 0 Å². The first kappa shape index (κ1) is 11.9. The summed E-state index contributed by atoms with van der Waals surface area (Å²) in [4.78, 5) is 4.47. The molecule has 0 bridgehead atoms. The van der Waals surface area contributed by atoms with Gasteiger partial charge in [-0.15, -0.1) is 0 Å². The second-order valence-electron chi connectivity index (χ2n) is 4.83. The molecule has 4 aromatic rings. The summed E-state index contributed by atoms with van der Waals surface area (Å²) in [6, 6.07) is 16.0. The number of hydrogen-bond donors (Lipinski definition) is 0. The van der Waals surface area contributed by atoms with Crippen LogP contribution >= 0.6 is 0 Å². The zero-order chi connectivity index (χ0) is 14.2. The van der Waals surface area contributed by atoms with Gasteiger partial charge in [0.05, 0.1) is 30.0 Å². The van der Waals surface area contributed by atoms with Crippen LogP contribution in [0.1, 0.15) is 0 Å². The molecule has 2 aromatic carbocycles. The fourth-order valence-corrected chi connectivity index (χ4v) is 2.57. The minimum Gasteiger partial charge on any atom is -0.497 e. The lowest BCUT2D eigenvalue weighted by atomic mass is 10.1. The van der Waals surface area contributed by atoms with Crippen molar-refractivity contribution in [3.63, 3.8) is 0 Å². The lowest BCUT2D eigenvalue weighted by molar-refractivity contribution is 0.414. The third-order valence-electron chi connectivity index (χ3n) is 3.62. The van der Waals surface area contributed by atoms with Crippen LogP contribution < -0.4 is 4.74 Å². The van der Waals surface area contributed by atoms with Crippen molar-refractivity contribution < 1.29 is 4.74 Å². The molecule has 0 aliphatic carbocycles. The second-order valence-corrected chi connectivity index (χ2v) is 4.83. The molecule has 0 saturated heterocycles. The molecule has 0 N–H and O–H groups in total. The molecular weight excluding hydrogens is 262 g/mol. The van der Waals surface area contributed by atoms with E-state index in [4.69, 9.17) is 4.74 Å². The van der Waals surface area contributed by atoms with Gasteiger partial charge in [-0.25, -0.2) is 4.68 Å². The Hall–Kier alpha value is -2.88. The maximum absolute atomic E-state index is 5.20. The summed E-state index contributed by atoms with van der Waals surface area (Å²) >= 11 is 0. The van der Waals surface area contributed by atoms with Gasteiger partial charge in [0, 0.05) is 17.0 Å². The Bertz CT molecular complexity index is 926.